The Morgan fingerprint density at radius 3 is 1.50 bits per heavy atom. The van der Waals surface area contributed by atoms with Gasteiger partial charge in [0.05, 0.1) is 40.1 Å². The molecule has 0 bridgehead atoms. The molecule has 0 aliphatic rings. The Kier molecular flexibility index (Phi) is 12.4. The molecule has 0 aliphatic heterocycles. The lowest BCUT2D eigenvalue weighted by atomic mass is 10.2. The smallest absolute Gasteiger partial charge is 0.119 e. The summed E-state index contributed by atoms with van der Waals surface area (Å²) >= 11 is 0. The topological polar surface area (TPSA) is 27.7 Å². The molecule has 0 spiro atoms. The van der Waals surface area contributed by atoms with Crippen molar-refractivity contribution in [3.63, 3.8) is 0 Å². The average Bonchev–Trinajstić information content (AvgIpc) is 3.10. The Morgan fingerprint density at radius 2 is 0.957 bits per heavy atom. The summed E-state index contributed by atoms with van der Waals surface area (Å²) in [6.45, 7) is 4.44. The van der Waals surface area contributed by atoms with Gasteiger partial charge in [0.1, 0.15) is 54.4 Å². The molecule has 0 saturated carbocycles. The minimum atomic E-state index is -1.79. The van der Waals surface area contributed by atoms with Crippen LogP contribution in [-0.2, 0) is 11.3 Å². The van der Waals surface area contributed by atoms with Gasteiger partial charge >= 0.3 is 0 Å². The monoisotopic (exact) mass is 633 g/mol. The van der Waals surface area contributed by atoms with Gasteiger partial charge in [-0.15, -0.1) is 0 Å². The zero-order valence-corrected chi connectivity index (χ0v) is 28.2. The van der Waals surface area contributed by atoms with Crippen LogP contribution in [0.2, 0.25) is 0 Å². The van der Waals surface area contributed by atoms with Crippen molar-refractivity contribution in [1.82, 2.24) is 0 Å². The first-order chi connectivity index (χ1) is 22.6. The van der Waals surface area contributed by atoms with Crippen LogP contribution in [0.5, 0.6) is 11.5 Å². The lowest BCUT2D eigenvalue weighted by Gasteiger charge is -2.29. The quantitative estimate of drug-likeness (QED) is 0.0568. The number of benzene rings is 5. The lowest BCUT2D eigenvalue weighted by Crippen LogP contribution is -2.41. The maximum absolute atomic E-state index is 6.23. The van der Waals surface area contributed by atoms with E-state index in [9.17, 15) is 0 Å². The highest BCUT2D eigenvalue weighted by molar-refractivity contribution is 7.95. The van der Waals surface area contributed by atoms with E-state index >= 15 is 0 Å². The van der Waals surface area contributed by atoms with Crippen LogP contribution in [0.25, 0.3) is 0 Å². The number of likely N-dealkylation sites (N-methyl/N-ethyl adjacent to an activating group) is 1. The second kappa shape index (κ2) is 17.1. The molecule has 46 heavy (non-hydrogen) atoms. The summed E-state index contributed by atoms with van der Waals surface area (Å²) in [5.74, 6) is 1.82. The molecule has 0 N–H and O–H groups in total. The van der Waals surface area contributed by atoms with Crippen molar-refractivity contribution in [3.8, 4) is 11.5 Å². The number of nitrogens with zero attached hydrogens (tertiary/aromatic N) is 1. The maximum Gasteiger partial charge on any atom is 0.119 e. The Hall–Kier alpha value is -3.95. The minimum absolute atomic E-state index is 0.564. The van der Waals surface area contributed by atoms with Crippen molar-refractivity contribution in [1.29, 1.82) is 0 Å². The molecule has 5 aromatic rings. The van der Waals surface area contributed by atoms with Gasteiger partial charge in [-0.2, -0.15) is 0 Å². The van der Waals surface area contributed by atoms with E-state index in [1.165, 1.54) is 21.5 Å². The maximum atomic E-state index is 6.23. The van der Waals surface area contributed by atoms with Crippen molar-refractivity contribution in [2.75, 3.05) is 53.2 Å². The van der Waals surface area contributed by atoms with E-state index in [0.29, 0.717) is 26.4 Å². The number of para-hydroxylation sites is 1. The molecule has 4 nitrogen and oxygen atoms in total. The van der Waals surface area contributed by atoms with Crippen LogP contribution in [-0.4, -0.2) is 57.7 Å². The summed E-state index contributed by atoms with van der Waals surface area (Å²) in [5, 5.41) is 4.32. The van der Waals surface area contributed by atoms with Crippen LogP contribution < -0.4 is 25.4 Å². The predicted octanol–water partition coefficient (Wildman–Crippen LogP) is 7.51. The number of quaternary nitrogens is 1. The first kappa shape index (κ1) is 33.4. The third-order valence-corrected chi connectivity index (χ3v) is 12.9. The van der Waals surface area contributed by atoms with Gasteiger partial charge in [-0.3, -0.25) is 0 Å². The molecule has 5 heteroatoms. The lowest BCUT2D eigenvalue weighted by molar-refractivity contribution is -0.904. The van der Waals surface area contributed by atoms with E-state index < -0.39 is 7.26 Å². The fraction of sp³-hybridized carbons (Fsp3) is 0.268. The molecule has 5 aromatic carbocycles. The van der Waals surface area contributed by atoms with Gasteiger partial charge in [-0.05, 0) is 85.6 Å². The molecule has 0 unspecified atom stereocenters. The fourth-order valence-corrected chi connectivity index (χ4v) is 10.3. The number of ether oxygens (including phenoxy) is 3. The second-order valence-electron chi connectivity index (χ2n) is 12.3. The van der Waals surface area contributed by atoms with Crippen molar-refractivity contribution in [2.45, 2.75) is 19.4 Å². The van der Waals surface area contributed by atoms with Crippen LogP contribution in [0.15, 0.2) is 146 Å². The normalized spacial score (nSPS) is 11.7. The summed E-state index contributed by atoms with van der Waals surface area (Å²) in [6, 6.07) is 51.9. The third-order valence-electron chi connectivity index (χ3n) is 8.36. The highest BCUT2D eigenvalue weighted by Crippen LogP contribution is 2.55. The second-order valence-corrected chi connectivity index (χ2v) is 15.9. The number of unbranched alkanes of at least 4 members (excludes halogenated alkanes) is 1. The average molecular weight is 634 g/mol. The Morgan fingerprint density at radius 1 is 0.478 bits per heavy atom. The van der Waals surface area contributed by atoms with Crippen molar-refractivity contribution >= 4 is 23.2 Å². The number of hydrogen-bond acceptors (Lipinski definition) is 3. The molecular weight excluding hydrogens is 585 g/mol. The molecular formula is C41H48NO3P+2. The molecule has 0 amide bonds. The third kappa shape index (κ3) is 9.53. The van der Waals surface area contributed by atoms with E-state index in [1.54, 1.807) is 0 Å². The SMILES string of the molecule is C[N+](C)(CCOCCOc1ccccc1)Cc1ccc(OCCCC[P+](c2ccccc2)(c2ccccc2)c2ccccc2)cc1. The zero-order valence-electron chi connectivity index (χ0n) is 27.3. The van der Waals surface area contributed by atoms with Crippen molar-refractivity contribution in [3.05, 3.63) is 151 Å². The van der Waals surface area contributed by atoms with Gasteiger partial charge in [0.25, 0.3) is 0 Å². The van der Waals surface area contributed by atoms with Gasteiger partial charge in [0, 0.05) is 5.56 Å². The molecule has 0 aromatic heterocycles. The van der Waals surface area contributed by atoms with Gasteiger partial charge in [0.2, 0.25) is 0 Å². The van der Waals surface area contributed by atoms with E-state index in [-0.39, 0.29) is 0 Å². The number of hydrogen-bond donors (Lipinski definition) is 0. The van der Waals surface area contributed by atoms with Crippen LogP contribution in [0.1, 0.15) is 18.4 Å². The standard InChI is InChI=1S/C41H48NO3P/c1-42(2,29-31-43-32-33-45-37-17-7-3-8-18-37)35-36-25-27-38(28-26-36)44-30-15-16-34-46(39-19-9-4-10-20-39,40-21-11-5-12-22-40)41-23-13-6-14-24-41/h3-14,17-28H,15-16,29-35H2,1-2H3/q+2. The number of rotatable bonds is 18. The summed E-state index contributed by atoms with van der Waals surface area (Å²) in [4.78, 5) is 0. The summed E-state index contributed by atoms with van der Waals surface area (Å²) in [7, 11) is 2.70. The summed E-state index contributed by atoms with van der Waals surface area (Å²) in [5.41, 5.74) is 1.30. The minimum Gasteiger partial charge on any atom is -0.494 e. The zero-order chi connectivity index (χ0) is 31.9. The summed E-state index contributed by atoms with van der Waals surface area (Å²) < 4.78 is 18.7. The van der Waals surface area contributed by atoms with Crippen LogP contribution in [0.3, 0.4) is 0 Å². The largest absolute Gasteiger partial charge is 0.494 e. The van der Waals surface area contributed by atoms with Crippen LogP contribution in [0.4, 0.5) is 0 Å². The summed E-state index contributed by atoms with van der Waals surface area (Å²) in [6.07, 6.45) is 3.22. The Labute approximate surface area is 276 Å². The van der Waals surface area contributed by atoms with E-state index in [0.717, 1.165) is 48.1 Å². The Balaban J connectivity index is 1.09. The molecule has 0 aliphatic carbocycles. The first-order valence-electron chi connectivity index (χ1n) is 16.4. The molecule has 0 heterocycles. The van der Waals surface area contributed by atoms with Crippen LogP contribution in [0, 0.1) is 0 Å². The first-order valence-corrected chi connectivity index (χ1v) is 18.4. The van der Waals surface area contributed by atoms with Gasteiger partial charge in [-0.1, -0.05) is 72.8 Å². The predicted molar refractivity (Wildman–Crippen MR) is 195 cm³/mol. The van der Waals surface area contributed by atoms with E-state index in [2.05, 4.69) is 129 Å². The Bertz CT molecular complexity index is 1450. The highest BCUT2D eigenvalue weighted by Gasteiger charge is 2.44. The van der Waals surface area contributed by atoms with Crippen LogP contribution >= 0.6 is 7.26 Å². The highest BCUT2D eigenvalue weighted by atomic mass is 31.2. The van der Waals surface area contributed by atoms with Gasteiger partial charge in [-0.25, -0.2) is 0 Å². The molecule has 0 fully saturated rings. The van der Waals surface area contributed by atoms with E-state index in [1.807, 2.05) is 30.3 Å². The molecule has 0 radical (unpaired) electrons. The van der Waals surface area contributed by atoms with Crippen molar-refractivity contribution < 1.29 is 18.7 Å². The van der Waals surface area contributed by atoms with Gasteiger partial charge in [0.15, 0.2) is 0 Å². The fourth-order valence-electron chi connectivity index (χ4n) is 5.94. The molecule has 0 saturated heterocycles. The van der Waals surface area contributed by atoms with Gasteiger partial charge < -0.3 is 18.7 Å². The molecule has 0 atom stereocenters. The molecule has 5 rings (SSSR count). The molecule has 238 valence electrons. The van der Waals surface area contributed by atoms with Crippen molar-refractivity contribution in [2.24, 2.45) is 0 Å². The van der Waals surface area contributed by atoms with E-state index in [4.69, 9.17) is 14.2 Å².